The third kappa shape index (κ3) is 5.10. The number of hydrogen-bond donors (Lipinski definition) is 4. The Hall–Kier alpha value is -0.210. The van der Waals surface area contributed by atoms with E-state index in [4.69, 9.17) is 15.4 Å². The molecule has 1 unspecified atom stereocenters. The maximum Gasteiger partial charge on any atom is 0.293 e. The molecule has 0 amide bonds. The van der Waals surface area contributed by atoms with Gasteiger partial charge in [-0.05, 0) is 0 Å². The van der Waals surface area contributed by atoms with E-state index in [1.807, 2.05) is 0 Å². The van der Waals surface area contributed by atoms with Crippen molar-refractivity contribution in [2.45, 2.75) is 5.44 Å². The van der Waals surface area contributed by atoms with Crippen LogP contribution < -0.4 is 11.1 Å². The average Bonchev–Trinajstić information content (AvgIpc) is 1.86. The smallest absolute Gasteiger partial charge is 0.293 e. The molecule has 5 N–H and O–H groups in total. The molecule has 0 fully saturated rings. The van der Waals surface area contributed by atoms with Crippen LogP contribution in [0.15, 0.2) is 0 Å². The first-order valence-electron chi connectivity index (χ1n) is 3.03. The summed E-state index contributed by atoms with van der Waals surface area (Å²) in [4.78, 5) is 0. The SMILES string of the molecule is NCCNCC(O)S(=O)(=O)O. The van der Waals surface area contributed by atoms with Gasteiger partial charge in [0.15, 0.2) is 5.44 Å². The lowest BCUT2D eigenvalue weighted by atomic mass is 10.6. The summed E-state index contributed by atoms with van der Waals surface area (Å²) in [7, 11) is -4.33. The molecule has 1 atom stereocenters. The zero-order chi connectivity index (χ0) is 8.91. The van der Waals surface area contributed by atoms with Gasteiger partial charge in [0.2, 0.25) is 0 Å². The van der Waals surface area contributed by atoms with Gasteiger partial charge in [0.1, 0.15) is 0 Å². The largest absolute Gasteiger partial charge is 0.374 e. The number of nitrogens with one attached hydrogen (secondary N) is 1. The molecule has 6 nitrogen and oxygen atoms in total. The Balaban J connectivity index is 3.62. The highest BCUT2D eigenvalue weighted by Gasteiger charge is 2.17. The van der Waals surface area contributed by atoms with E-state index in [0.29, 0.717) is 13.1 Å². The van der Waals surface area contributed by atoms with E-state index < -0.39 is 15.6 Å². The molecular weight excluding hydrogens is 172 g/mol. The predicted molar refractivity (Wildman–Crippen MR) is 39.5 cm³/mol. The number of hydrogen-bond acceptors (Lipinski definition) is 5. The van der Waals surface area contributed by atoms with Crippen molar-refractivity contribution >= 4 is 10.1 Å². The zero-order valence-electron chi connectivity index (χ0n) is 5.90. The summed E-state index contributed by atoms with van der Waals surface area (Å²) in [5, 5.41) is 11.2. The minimum atomic E-state index is -4.33. The Labute approximate surface area is 65.1 Å². The van der Waals surface area contributed by atoms with Crippen LogP contribution in [0.1, 0.15) is 0 Å². The lowest BCUT2D eigenvalue weighted by Gasteiger charge is -2.06. The molecule has 0 bridgehead atoms. The Morgan fingerprint density at radius 3 is 2.45 bits per heavy atom. The first kappa shape index (κ1) is 10.8. The third-order valence-electron chi connectivity index (χ3n) is 0.984. The Morgan fingerprint density at radius 1 is 1.55 bits per heavy atom. The molecule has 0 rings (SSSR count). The molecule has 11 heavy (non-hydrogen) atoms. The van der Waals surface area contributed by atoms with Crippen LogP contribution in [0.5, 0.6) is 0 Å². The van der Waals surface area contributed by atoms with E-state index in [0.717, 1.165) is 0 Å². The molecule has 0 spiro atoms. The van der Waals surface area contributed by atoms with Gasteiger partial charge in [-0.3, -0.25) is 4.55 Å². The Bertz CT molecular complexity index is 190. The van der Waals surface area contributed by atoms with E-state index in [-0.39, 0.29) is 6.54 Å². The fourth-order valence-electron chi connectivity index (χ4n) is 0.433. The second-order valence-electron chi connectivity index (χ2n) is 1.96. The van der Waals surface area contributed by atoms with Gasteiger partial charge >= 0.3 is 0 Å². The van der Waals surface area contributed by atoms with Gasteiger partial charge in [0, 0.05) is 19.6 Å². The van der Waals surface area contributed by atoms with Crippen LogP contribution in [0.25, 0.3) is 0 Å². The summed E-state index contributed by atoms with van der Waals surface area (Å²) in [6.45, 7) is 0.529. The van der Waals surface area contributed by atoms with Crippen LogP contribution in [-0.4, -0.2) is 43.1 Å². The summed E-state index contributed by atoms with van der Waals surface area (Å²) in [5.41, 5.74) is 3.30. The van der Waals surface area contributed by atoms with Crippen LogP contribution in [-0.2, 0) is 10.1 Å². The Kier molecular flexibility index (Phi) is 4.54. The molecule has 0 aromatic heterocycles. The van der Waals surface area contributed by atoms with Crippen molar-refractivity contribution < 1.29 is 18.1 Å². The van der Waals surface area contributed by atoms with E-state index >= 15 is 0 Å². The third-order valence-corrected chi connectivity index (χ3v) is 1.84. The maximum atomic E-state index is 10.2. The normalized spacial score (nSPS) is 14.8. The van der Waals surface area contributed by atoms with Crippen molar-refractivity contribution in [1.82, 2.24) is 5.32 Å². The number of nitrogens with two attached hydrogens (primary N) is 1. The van der Waals surface area contributed by atoms with Gasteiger partial charge in [0.25, 0.3) is 10.1 Å². The average molecular weight is 184 g/mol. The van der Waals surface area contributed by atoms with Crippen molar-refractivity contribution in [2.75, 3.05) is 19.6 Å². The van der Waals surface area contributed by atoms with Gasteiger partial charge in [-0.25, -0.2) is 0 Å². The fourth-order valence-corrected chi connectivity index (χ4v) is 0.761. The standard InChI is InChI=1S/C4H12N2O4S/c5-1-2-6-3-4(7)11(8,9)10/h4,6-7H,1-3,5H2,(H,8,9,10). The van der Waals surface area contributed by atoms with E-state index in [9.17, 15) is 8.42 Å². The highest BCUT2D eigenvalue weighted by atomic mass is 32.2. The van der Waals surface area contributed by atoms with Crippen LogP contribution in [0.2, 0.25) is 0 Å². The predicted octanol–water partition coefficient (Wildman–Crippen LogP) is -2.26. The molecule has 0 aromatic carbocycles. The highest BCUT2D eigenvalue weighted by molar-refractivity contribution is 7.86. The number of aliphatic hydroxyl groups is 1. The van der Waals surface area contributed by atoms with Gasteiger partial charge in [0.05, 0.1) is 0 Å². The van der Waals surface area contributed by atoms with Crippen LogP contribution in [0.3, 0.4) is 0 Å². The molecule has 0 heterocycles. The van der Waals surface area contributed by atoms with Crippen molar-refractivity contribution in [2.24, 2.45) is 5.73 Å². The minimum absolute atomic E-state index is 0.212. The summed E-state index contributed by atoms with van der Waals surface area (Å²) in [6.07, 6.45) is 0. The van der Waals surface area contributed by atoms with Crippen molar-refractivity contribution in [1.29, 1.82) is 0 Å². The topological polar surface area (TPSA) is 113 Å². The first-order chi connectivity index (χ1) is 4.98. The van der Waals surface area contributed by atoms with Crippen LogP contribution in [0.4, 0.5) is 0 Å². The highest BCUT2D eigenvalue weighted by Crippen LogP contribution is 1.90. The molecule has 0 aliphatic rings. The molecular formula is C4H12N2O4S. The van der Waals surface area contributed by atoms with Gasteiger partial charge in [-0.2, -0.15) is 8.42 Å². The summed E-state index contributed by atoms with van der Waals surface area (Å²) in [6, 6.07) is 0. The van der Waals surface area contributed by atoms with Crippen LogP contribution >= 0.6 is 0 Å². The molecule has 68 valence electrons. The molecule has 0 radical (unpaired) electrons. The van der Waals surface area contributed by atoms with Crippen molar-refractivity contribution in [3.05, 3.63) is 0 Å². The lowest BCUT2D eigenvalue weighted by Crippen LogP contribution is -2.35. The van der Waals surface area contributed by atoms with Gasteiger partial charge < -0.3 is 16.2 Å². The van der Waals surface area contributed by atoms with Crippen molar-refractivity contribution in [3.8, 4) is 0 Å². The van der Waals surface area contributed by atoms with Gasteiger partial charge in [-0.1, -0.05) is 0 Å². The van der Waals surface area contributed by atoms with Crippen molar-refractivity contribution in [3.63, 3.8) is 0 Å². The summed E-state index contributed by atoms with van der Waals surface area (Å²) >= 11 is 0. The molecule has 0 aliphatic carbocycles. The molecule has 0 saturated carbocycles. The second-order valence-corrected chi connectivity index (χ2v) is 3.54. The first-order valence-corrected chi connectivity index (χ1v) is 4.54. The Morgan fingerprint density at radius 2 is 2.09 bits per heavy atom. The van der Waals surface area contributed by atoms with E-state index in [1.54, 1.807) is 0 Å². The monoisotopic (exact) mass is 184 g/mol. The summed E-state index contributed by atoms with van der Waals surface area (Å²) in [5.74, 6) is 0. The maximum absolute atomic E-state index is 10.2. The molecule has 0 aliphatic heterocycles. The molecule has 0 aromatic rings. The fraction of sp³-hybridized carbons (Fsp3) is 1.00. The van der Waals surface area contributed by atoms with Gasteiger partial charge in [-0.15, -0.1) is 0 Å². The number of rotatable bonds is 5. The lowest BCUT2D eigenvalue weighted by molar-refractivity contribution is 0.229. The molecule has 0 saturated heterocycles. The van der Waals surface area contributed by atoms with E-state index in [2.05, 4.69) is 5.32 Å². The minimum Gasteiger partial charge on any atom is -0.374 e. The summed E-state index contributed by atoms with van der Waals surface area (Å²) < 4.78 is 28.6. The molecule has 7 heteroatoms. The van der Waals surface area contributed by atoms with Crippen LogP contribution in [0, 0.1) is 0 Å². The zero-order valence-corrected chi connectivity index (χ0v) is 6.71. The second kappa shape index (κ2) is 4.62. The van der Waals surface area contributed by atoms with E-state index in [1.165, 1.54) is 0 Å². The number of aliphatic hydroxyl groups excluding tert-OH is 1. The quantitative estimate of drug-likeness (QED) is 0.283.